The number of benzene rings is 6. The van der Waals surface area contributed by atoms with Crippen LogP contribution in [-0.4, -0.2) is 207 Å². The smallest absolute Gasteiger partial charge is 0.375 e. The first kappa shape index (κ1) is 103. The fraction of sp³-hybridized carbons (Fsp3) is 0.457. The van der Waals surface area contributed by atoms with Crippen molar-refractivity contribution in [3.05, 3.63) is 222 Å². The van der Waals surface area contributed by atoms with E-state index in [0.29, 0.717) is 62.7 Å². The van der Waals surface area contributed by atoms with E-state index in [0.717, 1.165) is 57.8 Å². The molecular weight excluding hydrogens is 1900 g/mol. The Morgan fingerprint density at radius 2 is 0.889 bits per heavy atom. The van der Waals surface area contributed by atoms with Gasteiger partial charge in [0.2, 0.25) is 22.9 Å². The number of hydrogen-bond donors (Lipinski definition) is 2. The number of carboxylic acid groups (broad SMARTS) is 1. The third-order valence-electron chi connectivity index (χ3n) is 25.4. The van der Waals surface area contributed by atoms with Gasteiger partial charge in [-0.25, -0.2) is 44.2 Å². The standard InChI is InChI=1S/C52H54N4O14S.C30H27NO8.C22H29N3O7S.CH4/c1-29-53-37(28-71-29)42(54-70-50(46(61)68-48(2,3)4)23-34-18-19-35(24-50)64-34)39(57)20-31-27-63-56(43(31)58)51(47(62)69-49(5,6)7)25-38(45(60)67-51)55-26-30-21-40-41(22-36(30)44(55)59)66-52(65-40,32-14-10-8-11-15-32)33-16-12-9-13-17-33;1-29(2,3)39-28(36)23(32)16-22(27(34)35)31-17-18-14-24-25(15-21(18)26(31)33)38-30(37-24,19-10-6-4-7-11-19)20-12-8-5-9-13-20;1-12-23-16(11-33-12)18(17(26)7-13-10-29-25-19(13)27)24-32-22(20(28)31-21(2,3)4)8-14-5-6-15(9-22)30-14;/h8-17,21-22,28,31,34-35,38H,18-20,23-27H2,1-7H3;4-15,22H,16-17H2,1-3H3,(H,34,35);11,13-15H,5-10H2,1-4H3,(H,25,27);1H4/b54-42-;;24-18-;/t31-,34?,35?,38-,50?,51?;22-;13-,14?,15?,22?;/m000./s1. The van der Waals surface area contributed by atoms with Gasteiger partial charge in [0.05, 0.1) is 65.9 Å². The Balaban J connectivity index is 0.000000171. The molecule has 39 heteroatoms. The number of carboxylic acids is 1. The molecule has 11 aliphatic rings. The number of nitrogens with one attached hydrogen (secondary N) is 1. The maximum atomic E-state index is 14.6. The van der Waals surface area contributed by atoms with Crippen LogP contribution in [0.4, 0.5) is 0 Å². The van der Waals surface area contributed by atoms with Crippen LogP contribution in [0.3, 0.4) is 0 Å². The summed E-state index contributed by atoms with van der Waals surface area (Å²) in [6, 6.07) is 41.2. The van der Waals surface area contributed by atoms with Crippen molar-refractivity contribution in [1.29, 1.82) is 0 Å². The molecule has 0 spiro atoms. The average molecular weight is 2020 g/mol. The van der Waals surface area contributed by atoms with E-state index in [1.165, 1.54) is 33.6 Å². The van der Waals surface area contributed by atoms with Gasteiger partial charge >= 0.3 is 53.1 Å². The van der Waals surface area contributed by atoms with Crippen molar-refractivity contribution in [2.24, 2.45) is 22.1 Å². The zero-order valence-electron chi connectivity index (χ0n) is 81.3. The van der Waals surface area contributed by atoms with Gasteiger partial charge in [-0.2, -0.15) is 5.06 Å². The molecule has 0 radical (unpaired) electrons. The van der Waals surface area contributed by atoms with E-state index in [4.69, 9.17) is 71.5 Å². The zero-order chi connectivity index (χ0) is 102. The molecule has 144 heavy (non-hydrogen) atoms. The van der Waals surface area contributed by atoms with E-state index < -0.39 is 172 Å². The number of nitrogens with zero attached hydrogens (tertiary/aromatic N) is 7. The minimum atomic E-state index is -2.49. The molecule has 0 aliphatic carbocycles. The van der Waals surface area contributed by atoms with Gasteiger partial charge in [-0.05, 0) is 158 Å². The molecule has 9 atom stereocenters. The van der Waals surface area contributed by atoms with Crippen LogP contribution in [0.1, 0.15) is 243 Å². The largest absolute Gasteiger partial charge is 0.480 e. The number of amides is 4. The number of Topliss-reactive ketones (excluding diaryl/α,β-unsaturated/α-hetero) is 3. The van der Waals surface area contributed by atoms with Gasteiger partial charge in [0, 0.05) is 102 Å². The summed E-state index contributed by atoms with van der Waals surface area (Å²) < 4.78 is 66.2. The van der Waals surface area contributed by atoms with Crippen molar-refractivity contribution in [3.8, 4) is 23.0 Å². The number of ether oxygens (including phenoxy) is 11. The van der Waals surface area contributed by atoms with Crippen LogP contribution in [0.15, 0.2) is 167 Å². The minimum absolute atomic E-state index is 0. The van der Waals surface area contributed by atoms with Crippen molar-refractivity contribution in [1.82, 2.24) is 30.3 Å². The highest BCUT2D eigenvalue weighted by Gasteiger charge is 2.66. The Kier molecular flexibility index (Phi) is 28.7. The molecule has 6 aromatic carbocycles. The highest BCUT2D eigenvalue weighted by Crippen LogP contribution is 2.54. The number of oxime groups is 2. The fourth-order valence-corrected chi connectivity index (χ4v) is 20.1. The van der Waals surface area contributed by atoms with Crippen molar-refractivity contribution in [2.75, 3.05) is 13.2 Å². The molecule has 13 heterocycles. The van der Waals surface area contributed by atoms with Crippen LogP contribution in [0.25, 0.3) is 0 Å². The molecule has 37 nitrogen and oxygen atoms in total. The van der Waals surface area contributed by atoms with Crippen molar-refractivity contribution < 1.29 is 139 Å². The number of rotatable bonds is 26. The van der Waals surface area contributed by atoms with E-state index in [9.17, 15) is 67.4 Å². The molecule has 760 valence electrons. The average Bonchev–Trinajstić information content (AvgIpc) is 1.58. The molecule has 8 aromatic rings. The fourth-order valence-electron chi connectivity index (χ4n) is 18.9. The third-order valence-corrected chi connectivity index (χ3v) is 27.0. The number of aryl methyl sites for hydroxylation is 2. The number of ketones is 3. The molecule has 4 amide bonds. The Morgan fingerprint density at radius 3 is 1.28 bits per heavy atom. The predicted octanol–water partition coefficient (Wildman–Crippen LogP) is 13.6. The second-order valence-electron chi connectivity index (χ2n) is 40.9. The van der Waals surface area contributed by atoms with Gasteiger partial charge in [-0.3, -0.25) is 43.2 Å². The first-order chi connectivity index (χ1) is 67.7. The summed E-state index contributed by atoms with van der Waals surface area (Å²) in [6.07, 6.45) is 1.30. The number of carbonyl (C=O) groups excluding carboxylic acids is 12. The number of cyclic esters (lactones) is 1. The number of esters is 5. The first-order valence-electron chi connectivity index (χ1n) is 47.2. The Bertz CT molecular complexity index is 6310. The number of aliphatic carboxylic acids is 1. The Morgan fingerprint density at radius 1 is 0.493 bits per heavy atom. The van der Waals surface area contributed by atoms with Crippen LogP contribution in [-0.2, 0) is 130 Å². The van der Waals surface area contributed by atoms with Crippen LogP contribution in [0.5, 0.6) is 23.0 Å². The summed E-state index contributed by atoms with van der Waals surface area (Å²) >= 11 is 2.63. The van der Waals surface area contributed by atoms with E-state index in [1.807, 2.05) is 128 Å². The molecule has 2 aromatic heterocycles. The molecule has 11 aliphatic heterocycles. The number of aromatic nitrogens is 2. The summed E-state index contributed by atoms with van der Waals surface area (Å²) in [5.74, 6) is -13.3. The summed E-state index contributed by atoms with van der Waals surface area (Å²) in [7, 11) is 0. The van der Waals surface area contributed by atoms with E-state index in [1.54, 1.807) is 119 Å². The topological polar surface area (TPSA) is 453 Å². The number of thiazole rings is 2. The lowest BCUT2D eigenvalue weighted by molar-refractivity contribution is -0.263. The van der Waals surface area contributed by atoms with Crippen LogP contribution in [0.2, 0.25) is 0 Å². The van der Waals surface area contributed by atoms with E-state index in [2.05, 4.69) is 25.8 Å². The summed E-state index contributed by atoms with van der Waals surface area (Å²) in [4.78, 5) is 208. The van der Waals surface area contributed by atoms with Crippen molar-refractivity contribution in [2.45, 2.75) is 282 Å². The Labute approximate surface area is 838 Å². The summed E-state index contributed by atoms with van der Waals surface area (Å²) in [5.41, 5.74) is -2.01. The van der Waals surface area contributed by atoms with E-state index >= 15 is 0 Å². The number of fused-ring (bicyclic) bond motifs is 8. The van der Waals surface area contributed by atoms with Crippen molar-refractivity contribution in [3.63, 3.8) is 0 Å². The third kappa shape index (κ3) is 21.4. The lowest BCUT2D eigenvalue weighted by atomic mass is 9.90. The second-order valence-corrected chi connectivity index (χ2v) is 43.1. The monoisotopic (exact) mass is 2010 g/mol. The normalized spacial score (nSPS) is 24.2. The number of carbonyl (C=O) groups is 13. The predicted molar refractivity (Wildman–Crippen MR) is 513 cm³/mol. The van der Waals surface area contributed by atoms with Gasteiger partial charge in [-0.1, -0.05) is 139 Å². The highest BCUT2D eigenvalue weighted by atomic mass is 32.1. The molecule has 0 saturated carbocycles. The van der Waals surface area contributed by atoms with Crippen LogP contribution in [0, 0.1) is 25.7 Å². The van der Waals surface area contributed by atoms with Gasteiger partial charge in [0.15, 0.2) is 46.0 Å². The van der Waals surface area contributed by atoms with Gasteiger partial charge in [0.1, 0.15) is 45.9 Å². The SMILES string of the molecule is C.CC(C)(C)OC(=O)C(=O)C[C@@H](C(=O)O)N1Cc2cc3c(cc2C1=O)OC(c1ccccc1)(c1ccccc1)O3.Cc1nc(/C(=N/OC2(C(=O)OC(C)(C)C)CC3CCC(C2)O3)C(=O)C[C@H]2CON(C3(C(=O)OC(C)(C)C)C[C@H](N4Cc5cc6c(cc5C4=O)OC(c4ccccc4)(c4ccccc4)O6)C(=O)O3)C2=O)cs1.Cc1nc(/C(=N/OC2(C(=O)OC(C)(C)C)CC3CCC(C2)O3)C(=O)C[C@H]2CONC2=O)cs1. The molecule has 7 saturated heterocycles. The molecule has 7 fully saturated rings. The van der Waals surface area contributed by atoms with E-state index in [-0.39, 0.29) is 105 Å². The highest BCUT2D eigenvalue weighted by molar-refractivity contribution is 7.10. The van der Waals surface area contributed by atoms with Gasteiger partial charge < -0.3 is 76.7 Å². The summed E-state index contributed by atoms with van der Waals surface area (Å²) in [5, 5.41) is 23.7. The maximum absolute atomic E-state index is 14.6. The molecule has 4 bridgehead atoms. The van der Waals surface area contributed by atoms with Crippen LogP contribution >= 0.6 is 22.7 Å². The first-order valence-corrected chi connectivity index (χ1v) is 48.9. The lowest BCUT2D eigenvalue weighted by Crippen LogP contribution is -2.57. The maximum Gasteiger partial charge on any atom is 0.375 e. The Hall–Kier alpha value is -13.7. The quantitative estimate of drug-likeness (QED) is 0.0167. The molecular formula is C105H114N8O29S2. The van der Waals surface area contributed by atoms with Gasteiger partial charge in [0.25, 0.3) is 17.7 Å². The molecule has 19 rings (SSSR count). The number of hydrogen-bond acceptors (Lipinski definition) is 34. The van der Waals surface area contributed by atoms with Gasteiger partial charge in [-0.15, -0.1) is 22.7 Å². The molecule has 2 N–H and O–H groups in total. The number of hydroxylamine groups is 3. The zero-order valence-corrected chi connectivity index (χ0v) is 82.9. The minimum Gasteiger partial charge on any atom is -0.480 e. The lowest BCUT2D eigenvalue weighted by Gasteiger charge is -2.38. The van der Waals surface area contributed by atoms with Crippen LogP contribution < -0.4 is 24.4 Å². The summed E-state index contributed by atoms with van der Waals surface area (Å²) in [6.45, 7) is 23.3. The molecule has 5 unspecified atom stereocenters. The van der Waals surface area contributed by atoms with Crippen molar-refractivity contribution >= 4 is 111 Å². The second kappa shape index (κ2) is 40.1.